The third kappa shape index (κ3) is 3.59. The number of ether oxygens (including phenoxy) is 2. The van der Waals surface area contributed by atoms with Gasteiger partial charge < -0.3 is 9.47 Å². The summed E-state index contributed by atoms with van der Waals surface area (Å²) in [4.78, 5) is 38.7. The molecule has 28 heavy (non-hydrogen) atoms. The molecule has 0 aliphatic carbocycles. The number of carbonyl (C=O) groups is 3. The standard InChI is InChI=1S/C21H20N2O5/c1-4-28-18-12-15(27-3)10-9-14(18)11-16-19(24)22-21(26)23(20(16)25)17-8-6-5-7-13(17)2/h5-12H,4H2,1-3H3,(H,22,24,26)/b16-11+. The van der Waals surface area contributed by atoms with Gasteiger partial charge in [0.1, 0.15) is 17.1 Å². The van der Waals surface area contributed by atoms with Gasteiger partial charge in [-0.2, -0.15) is 0 Å². The third-order valence-electron chi connectivity index (χ3n) is 4.28. The number of hydrogen-bond acceptors (Lipinski definition) is 5. The molecule has 1 heterocycles. The van der Waals surface area contributed by atoms with Crippen LogP contribution in [0.15, 0.2) is 48.0 Å². The number of nitrogens with one attached hydrogen (secondary N) is 1. The van der Waals surface area contributed by atoms with Crippen LogP contribution in [-0.2, 0) is 9.59 Å². The lowest BCUT2D eigenvalue weighted by Crippen LogP contribution is -2.54. The number of methoxy groups -OCH3 is 1. The average Bonchev–Trinajstić information content (AvgIpc) is 2.67. The van der Waals surface area contributed by atoms with E-state index in [1.165, 1.54) is 13.2 Å². The molecule has 0 bridgehead atoms. The van der Waals surface area contributed by atoms with Crippen molar-refractivity contribution in [3.63, 3.8) is 0 Å². The summed E-state index contributed by atoms with van der Waals surface area (Å²) in [5.74, 6) is -0.393. The minimum absolute atomic E-state index is 0.158. The van der Waals surface area contributed by atoms with Crippen molar-refractivity contribution >= 4 is 29.6 Å². The molecule has 4 amide bonds. The van der Waals surface area contributed by atoms with Gasteiger partial charge in [-0.25, -0.2) is 9.69 Å². The Morgan fingerprint density at radius 2 is 1.86 bits per heavy atom. The maximum absolute atomic E-state index is 13.0. The number of urea groups is 1. The van der Waals surface area contributed by atoms with Crippen molar-refractivity contribution in [3.05, 3.63) is 59.2 Å². The van der Waals surface area contributed by atoms with Crippen LogP contribution in [0, 0.1) is 6.92 Å². The fourth-order valence-electron chi connectivity index (χ4n) is 2.89. The minimum Gasteiger partial charge on any atom is -0.497 e. The van der Waals surface area contributed by atoms with E-state index in [1.54, 1.807) is 49.4 Å². The maximum Gasteiger partial charge on any atom is 0.335 e. The molecule has 1 N–H and O–H groups in total. The highest BCUT2D eigenvalue weighted by Crippen LogP contribution is 2.29. The van der Waals surface area contributed by atoms with Gasteiger partial charge in [-0.1, -0.05) is 18.2 Å². The number of benzene rings is 2. The van der Waals surface area contributed by atoms with Crippen molar-refractivity contribution < 1.29 is 23.9 Å². The molecule has 0 unspecified atom stereocenters. The van der Waals surface area contributed by atoms with Crippen molar-refractivity contribution in [2.45, 2.75) is 13.8 Å². The van der Waals surface area contributed by atoms with E-state index in [1.807, 2.05) is 6.92 Å². The number of amides is 4. The lowest BCUT2D eigenvalue weighted by Gasteiger charge is -2.27. The summed E-state index contributed by atoms with van der Waals surface area (Å²) >= 11 is 0. The smallest absolute Gasteiger partial charge is 0.335 e. The maximum atomic E-state index is 13.0. The topological polar surface area (TPSA) is 84.9 Å². The lowest BCUT2D eigenvalue weighted by molar-refractivity contribution is -0.122. The fourth-order valence-corrected chi connectivity index (χ4v) is 2.89. The monoisotopic (exact) mass is 380 g/mol. The molecule has 0 atom stereocenters. The van der Waals surface area contributed by atoms with E-state index in [-0.39, 0.29) is 5.57 Å². The van der Waals surface area contributed by atoms with E-state index in [0.29, 0.717) is 29.4 Å². The summed E-state index contributed by atoms with van der Waals surface area (Å²) in [5.41, 5.74) is 1.52. The van der Waals surface area contributed by atoms with Gasteiger partial charge >= 0.3 is 6.03 Å². The lowest BCUT2D eigenvalue weighted by atomic mass is 10.0. The Bertz CT molecular complexity index is 981. The number of anilines is 1. The van der Waals surface area contributed by atoms with E-state index >= 15 is 0 Å². The average molecular weight is 380 g/mol. The molecule has 7 heteroatoms. The molecule has 144 valence electrons. The Balaban J connectivity index is 2.06. The Labute approximate surface area is 162 Å². The van der Waals surface area contributed by atoms with Gasteiger partial charge in [-0.3, -0.25) is 14.9 Å². The number of nitrogens with zero attached hydrogens (tertiary/aromatic N) is 1. The molecule has 0 saturated carbocycles. The van der Waals surface area contributed by atoms with Crippen molar-refractivity contribution in [1.82, 2.24) is 5.32 Å². The van der Waals surface area contributed by atoms with Crippen LogP contribution in [0.25, 0.3) is 6.08 Å². The minimum atomic E-state index is -0.777. The van der Waals surface area contributed by atoms with Gasteiger partial charge in [0.15, 0.2) is 0 Å². The largest absolute Gasteiger partial charge is 0.497 e. The van der Waals surface area contributed by atoms with Gasteiger partial charge in [-0.15, -0.1) is 0 Å². The van der Waals surface area contributed by atoms with Gasteiger partial charge in [-0.05, 0) is 43.7 Å². The summed E-state index contributed by atoms with van der Waals surface area (Å²) in [6.45, 7) is 4.01. The summed E-state index contributed by atoms with van der Waals surface area (Å²) in [7, 11) is 1.53. The summed E-state index contributed by atoms with van der Waals surface area (Å²) < 4.78 is 10.8. The van der Waals surface area contributed by atoms with Crippen LogP contribution in [0.4, 0.5) is 10.5 Å². The summed E-state index contributed by atoms with van der Waals surface area (Å²) in [6.07, 6.45) is 1.42. The first-order valence-electron chi connectivity index (χ1n) is 8.74. The van der Waals surface area contributed by atoms with E-state index in [2.05, 4.69) is 5.32 Å². The Hall–Kier alpha value is -3.61. The molecule has 0 spiro atoms. The Morgan fingerprint density at radius 3 is 2.54 bits per heavy atom. The van der Waals surface area contributed by atoms with E-state index in [9.17, 15) is 14.4 Å². The first-order chi connectivity index (χ1) is 13.5. The number of hydrogen-bond donors (Lipinski definition) is 1. The van der Waals surface area contributed by atoms with Crippen molar-refractivity contribution in [1.29, 1.82) is 0 Å². The third-order valence-corrected chi connectivity index (χ3v) is 4.28. The van der Waals surface area contributed by atoms with Crippen molar-refractivity contribution in [3.8, 4) is 11.5 Å². The normalized spacial score (nSPS) is 15.6. The first kappa shape index (κ1) is 19.2. The molecule has 3 rings (SSSR count). The highest BCUT2D eigenvalue weighted by Gasteiger charge is 2.37. The Kier molecular flexibility index (Phi) is 5.44. The van der Waals surface area contributed by atoms with Crippen LogP contribution in [-0.4, -0.2) is 31.6 Å². The quantitative estimate of drug-likeness (QED) is 0.637. The zero-order valence-corrected chi connectivity index (χ0v) is 15.8. The van der Waals surface area contributed by atoms with Crippen molar-refractivity contribution in [2.75, 3.05) is 18.6 Å². The molecule has 2 aromatic carbocycles. The molecular formula is C21H20N2O5. The second-order valence-electron chi connectivity index (χ2n) is 6.08. The summed E-state index contributed by atoms with van der Waals surface area (Å²) in [6, 6.07) is 11.2. The van der Waals surface area contributed by atoms with Crippen LogP contribution >= 0.6 is 0 Å². The molecule has 1 fully saturated rings. The fraction of sp³-hybridized carbons (Fsp3) is 0.190. The van der Waals surface area contributed by atoms with Crippen LogP contribution in [0.1, 0.15) is 18.1 Å². The SMILES string of the molecule is CCOc1cc(OC)ccc1/C=C1\C(=O)NC(=O)N(c2ccccc2C)C1=O. The Morgan fingerprint density at radius 1 is 1.11 bits per heavy atom. The molecule has 0 radical (unpaired) electrons. The molecule has 2 aromatic rings. The predicted molar refractivity (Wildman–Crippen MR) is 104 cm³/mol. The number of imide groups is 2. The van der Waals surface area contributed by atoms with E-state index in [4.69, 9.17) is 9.47 Å². The highest BCUT2D eigenvalue weighted by atomic mass is 16.5. The number of para-hydroxylation sites is 1. The van der Waals surface area contributed by atoms with Gasteiger partial charge in [0, 0.05) is 11.6 Å². The highest BCUT2D eigenvalue weighted by molar-refractivity contribution is 6.39. The van der Waals surface area contributed by atoms with Gasteiger partial charge in [0.2, 0.25) is 0 Å². The summed E-state index contributed by atoms with van der Waals surface area (Å²) in [5, 5.41) is 2.22. The molecule has 1 saturated heterocycles. The number of barbiturate groups is 1. The van der Waals surface area contributed by atoms with Crippen LogP contribution < -0.4 is 19.7 Å². The van der Waals surface area contributed by atoms with E-state index < -0.39 is 17.8 Å². The molecule has 7 nitrogen and oxygen atoms in total. The molecular weight excluding hydrogens is 360 g/mol. The van der Waals surface area contributed by atoms with Gasteiger partial charge in [0.05, 0.1) is 19.4 Å². The predicted octanol–water partition coefficient (Wildman–Crippen LogP) is 3.07. The zero-order chi connectivity index (χ0) is 20.3. The van der Waals surface area contributed by atoms with Crippen LogP contribution in [0.5, 0.6) is 11.5 Å². The molecule has 0 aromatic heterocycles. The number of aryl methyl sites for hydroxylation is 1. The molecule has 1 aliphatic rings. The van der Waals surface area contributed by atoms with E-state index in [0.717, 1.165) is 10.5 Å². The number of carbonyl (C=O) groups excluding carboxylic acids is 3. The zero-order valence-electron chi connectivity index (χ0n) is 15.8. The molecule has 1 aliphatic heterocycles. The second kappa shape index (κ2) is 7.96. The van der Waals surface area contributed by atoms with Crippen molar-refractivity contribution in [2.24, 2.45) is 0 Å². The number of rotatable bonds is 5. The van der Waals surface area contributed by atoms with Crippen LogP contribution in [0.3, 0.4) is 0 Å². The second-order valence-corrected chi connectivity index (χ2v) is 6.08. The van der Waals surface area contributed by atoms with Crippen LogP contribution in [0.2, 0.25) is 0 Å². The first-order valence-corrected chi connectivity index (χ1v) is 8.74. The van der Waals surface area contributed by atoms with Gasteiger partial charge in [0.25, 0.3) is 11.8 Å².